The number of benzene rings is 1. The predicted molar refractivity (Wildman–Crippen MR) is 90.5 cm³/mol. The van der Waals surface area contributed by atoms with Gasteiger partial charge in [-0.15, -0.1) is 0 Å². The van der Waals surface area contributed by atoms with Crippen molar-refractivity contribution in [3.8, 4) is 0 Å². The van der Waals surface area contributed by atoms with Crippen molar-refractivity contribution in [2.45, 2.75) is 19.8 Å². The van der Waals surface area contributed by atoms with E-state index in [9.17, 15) is 0 Å². The number of fused-ring (bicyclic) bond motifs is 1. The summed E-state index contributed by atoms with van der Waals surface area (Å²) in [6.45, 7) is 3.09. The second-order valence-electron chi connectivity index (χ2n) is 5.07. The summed E-state index contributed by atoms with van der Waals surface area (Å²) in [5.41, 5.74) is 1.88. The van der Waals surface area contributed by atoms with Crippen molar-refractivity contribution >= 4 is 28.2 Å². The molecule has 0 bridgehead atoms. The van der Waals surface area contributed by atoms with Crippen LogP contribution >= 0.6 is 0 Å². The van der Waals surface area contributed by atoms with Crippen LogP contribution in [0, 0.1) is 0 Å². The Kier molecular flexibility index (Phi) is 4.44. The Hall–Kier alpha value is -2.69. The molecule has 0 unspecified atom stereocenters. The molecule has 0 spiro atoms. The summed E-state index contributed by atoms with van der Waals surface area (Å²) < 4.78 is 0. The number of para-hydroxylation sites is 1. The minimum absolute atomic E-state index is 0.757. The number of aromatic nitrogens is 3. The van der Waals surface area contributed by atoms with Gasteiger partial charge >= 0.3 is 0 Å². The lowest BCUT2D eigenvalue weighted by molar-refractivity contribution is 0.830. The van der Waals surface area contributed by atoms with Crippen LogP contribution in [0.15, 0.2) is 48.9 Å². The first-order valence-electron chi connectivity index (χ1n) is 7.53. The van der Waals surface area contributed by atoms with Crippen LogP contribution in [-0.4, -0.2) is 21.5 Å². The zero-order valence-corrected chi connectivity index (χ0v) is 12.6. The monoisotopic (exact) mass is 293 g/mol. The van der Waals surface area contributed by atoms with Crippen LogP contribution in [0.4, 0.5) is 17.3 Å². The van der Waals surface area contributed by atoms with E-state index in [1.54, 1.807) is 12.5 Å². The van der Waals surface area contributed by atoms with Crippen LogP contribution in [0.25, 0.3) is 10.9 Å². The highest BCUT2D eigenvalue weighted by atomic mass is 15.1. The molecule has 0 aliphatic heterocycles. The number of nitrogens with one attached hydrogen (secondary N) is 2. The zero-order valence-electron chi connectivity index (χ0n) is 12.6. The Morgan fingerprint density at radius 1 is 1.00 bits per heavy atom. The highest BCUT2D eigenvalue weighted by Gasteiger charge is 2.04. The second kappa shape index (κ2) is 6.85. The summed E-state index contributed by atoms with van der Waals surface area (Å²) in [5, 5.41) is 7.73. The van der Waals surface area contributed by atoms with Gasteiger partial charge in [0.1, 0.15) is 18.0 Å². The molecule has 2 heterocycles. The van der Waals surface area contributed by atoms with Crippen molar-refractivity contribution in [2.24, 2.45) is 0 Å². The summed E-state index contributed by atoms with van der Waals surface area (Å²) in [7, 11) is 0. The average Bonchev–Trinajstić information content (AvgIpc) is 2.56. The third-order valence-corrected chi connectivity index (χ3v) is 3.40. The van der Waals surface area contributed by atoms with Crippen LogP contribution in [0.1, 0.15) is 19.8 Å². The standard InChI is InChI=1S/C17H19N5/c1-2-3-9-18-15-11-16(21-12-20-15)22-14-8-4-6-13-7-5-10-19-17(13)14/h4-8,10-12H,2-3,9H2,1H3,(H2,18,20,21,22). The SMILES string of the molecule is CCCCNc1cc(Nc2cccc3cccnc23)ncn1. The van der Waals surface area contributed by atoms with E-state index in [1.807, 2.05) is 36.4 Å². The Morgan fingerprint density at radius 2 is 1.86 bits per heavy atom. The fourth-order valence-corrected chi connectivity index (χ4v) is 2.26. The van der Waals surface area contributed by atoms with E-state index in [4.69, 9.17) is 0 Å². The maximum absolute atomic E-state index is 4.44. The Morgan fingerprint density at radius 3 is 2.77 bits per heavy atom. The lowest BCUT2D eigenvalue weighted by Gasteiger charge is -2.10. The van der Waals surface area contributed by atoms with Gasteiger partial charge in [-0.25, -0.2) is 9.97 Å². The molecule has 3 aromatic rings. The molecule has 0 saturated carbocycles. The molecule has 2 aromatic heterocycles. The molecule has 0 amide bonds. The first-order chi connectivity index (χ1) is 10.9. The molecule has 112 valence electrons. The van der Waals surface area contributed by atoms with E-state index in [0.717, 1.165) is 47.6 Å². The van der Waals surface area contributed by atoms with Gasteiger partial charge in [-0.2, -0.15) is 0 Å². The maximum Gasteiger partial charge on any atom is 0.135 e. The van der Waals surface area contributed by atoms with E-state index in [2.05, 4.69) is 32.5 Å². The fraction of sp³-hybridized carbons (Fsp3) is 0.235. The molecular weight excluding hydrogens is 274 g/mol. The fourth-order valence-electron chi connectivity index (χ4n) is 2.26. The molecule has 5 nitrogen and oxygen atoms in total. The number of anilines is 3. The molecule has 22 heavy (non-hydrogen) atoms. The third kappa shape index (κ3) is 3.31. The first kappa shape index (κ1) is 14.3. The number of rotatable bonds is 6. The quantitative estimate of drug-likeness (QED) is 0.673. The lowest BCUT2D eigenvalue weighted by atomic mass is 10.2. The maximum atomic E-state index is 4.44. The van der Waals surface area contributed by atoms with Crippen LogP contribution in [-0.2, 0) is 0 Å². The molecule has 3 rings (SSSR count). The number of hydrogen-bond acceptors (Lipinski definition) is 5. The second-order valence-corrected chi connectivity index (χ2v) is 5.07. The summed E-state index contributed by atoms with van der Waals surface area (Å²) in [4.78, 5) is 13.0. The zero-order chi connectivity index (χ0) is 15.2. The van der Waals surface area contributed by atoms with Gasteiger partial charge in [-0.3, -0.25) is 4.98 Å². The number of pyridine rings is 1. The molecular formula is C17H19N5. The van der Waals surface area contributed by atoms with E-state index >= 15 is 0 Å². The van der Waals surface area contributed by atoms with E-state index in [1.165, 1.54) is 0 Å². The number of unbranched alkanes of at least 4 members (excludes halogenated alkanes) is 1. The van der Waals surface area contributed by atoms with Gasteiger partial charge in [0.15, 0.2) is 0 Å². The molecule has 0 atom stereocenters. The molecule has 2 N–H and O–H groups in total. The van der Waals surface area contributed by atoms with Gasteiger partial charge < -0.3 is 10.6 Å². The van der Waals surface area contributed by atoms with Crippen LogP contribution in [0.5, 0.6) is 0 Å². The molecule has 0 radical (unpaired) electrons. The Balaban J connectivity index is 1.81. The summed E-state index contributed by atoms with van der Waals surface area (Å²) in [6, 6.07) is 12.0. The van der Waals surface area contributed by atoms with Gasteiger partial charge in [-0.1, -0.05) is 31.5 Å². The minimum Gasteiger partial charge on any atom is -0.370 e. The van der Waals surface area contributed by atoms with Crippen molar-refractivity contribution in [3.63, 3.8) is 0 Å². The number of nitrogens with zero attached hydrogens (tertiary/aromatic N) is 3. The van der Waals surface area contributed by atoms with E-state index in [0.29, 0.717) is 0 Å². The highest BCUT2D eigenvalue weighted by molar-refractivity contribution is 5.91. The van der Waals surface area contributed by atoms with E-state index in [-0.39, 0.29) is 0 Å². The summed E-state index contributed by atoms with van der Waals surface area (Å²) in [6.07, 6.45) is 5.64. The van der Waals surface area contributed by atoms with Gasteiger partial charge in [0.05, 0.1) is 11.2 Å². The molecule has 5 heteroatoms. The van der Waals surface area contributed by atoms with Crippen molar-refractivity contribution < 1.29 is 0 Å². The third-order valence-electron chi connectivity index (χ3n) is 3.40. The summed E-state index contributed by atoms with van der Waals surface area (Å²) >= 11 is 0. The van der Waals surface area contributed by atoms with E-state index < -0.39 is 0 Å². The van der Waals surface area contributed by atoms with Gasteiger partial charge in [0, 0.05) is 24.2 Å². The largest absolute Gasteiger partial charge is 0.370 e. The molecule has 0 aliphatic carbocycles. The Labute approximate surface area is 129 Å². The highest BCUT2D eigenvalue weighted by Crippen LogP contribution is 2.24. The topological polar surface area (TPSA) is 62.7 Å². The minimum atomic E-state index is 0.757. The lowest BCUT2D eigenvalue weighted by Crippen LogP contribution is -2.04. The van der Waals surface area contributed by atoms with Crippen molar-refractivity contribution in [2.75, 3.05) is 17.2 Å². The average molecular weight is 293 g/mol. The predicted octanol–water partition coefficient (Wildman–Crippen LogP) is 3.98. The van der Waals surface area contributed by atoms with Crippen molar-refractivity contribution in [1.82, 2.24) is 15.0 Å². The first-order valence-corrected chi connectivity index (χ1v) is 7.53. The number of hydrogen-bond donors (Lipinski definition) is 2. The van der Waals surface area contributed by atoms with Crippen LogP contribution in [0.3, 0.4) is 0 Å². The van der Waals surface area contributed by atoms with Crippen molar-refractivity contribution in [3.05, 3.63) is 48.9 Å². The van der Waals surface area contributed by atoms with Gasteiger partial charge in [-0.05, 0) is 18.6 Å². The Bertz CT molecular complexity index is 751. The van der Waals surface area contributed by atoms with Gasteiger partial charge in [0.25, 0.3) is 0 Å². The molecule has 1 aromatic carbocycles. The van der Waals surface area contributed by atoms with Crippen LogP contribution in [0.2, 0.25) is 0 Å². The van der Waals surface area contributed by atoms with Crippen molar-refractivity contribution in [1.29, 1.82) is 0 Å². The smallest absolute Gasteiger partial charge is 0.135 e. The summed E-state index contributed by atoms with van der Waals surface area (Å²) in [5.74, 6) is 1.59. The van der Waals surface area contributed by atoms with Crippen LogP contribution < -0.4 is 10.6 Å². The molecule has 0 fully saturated rings. The van der Waals surface area contributed by atoms with Gasteiger partial charge in [0.2, 0.25) is 0 Å². The molecule has 0 aliphatic rings. The normalized spacial score (nSPS) is 10.6. The molecule has 0 saturated heterocycles.